The molecule has 7 nitrogen and oxygen atoms in total. The number of carbonyl (C=O) groups excluding carboxylic acids is 1. The van der Waals surface area contributed by atoms with Crippen molar-refractivity contribution in [3.63, 3.8) is 0 Å². The molecular weight excluding hydrogens is 342 g/mol. The van der Waals surface area contributed by atoms with Gasteiger partial charge >= 0.3 is 5.97 Å². The molecule has 0 spiro atoms. The Morgan fingerprint density at radius 3 is 2.68 bits per heavy atom. The SMILES string of the molecule is CCOC(=O)CCOc1ccc(-c2nc(SC)[nH]c(=O)c2C#N)cc1. The highest BCUT2D eigenvalue weighted by Gasteiger charge is 2.13. The number of benzene rings is 1. The van der Waals surface area contributed by atoms with E-state index in [1.54, 1.807) is 37.4 Å². The predicted octanol–water partition coefficient (Wildman–Crippen LogP) is 2.36. The van der Waals surface area contributed by atoms with Crippen LogP contribution < -0.4 is 10.3 Å². The summed E-state index contributed by atoms with van der Waals surface area (Å²) in [5.41, 5.74) is 0.463. The van der Waals surface area contributed by atoms with Crippen LogP contribution in [0.1, 0.15) is 18.9 Å². The normalized spacial score (nSPS) is 10.1. The van der Waals surface area contributed by atoms with Crippen molar-refractivity contribution in [2.75, 3.05) is 19.5 Å². The minimum atomic E-state index is -0.466. The summed E-state index contributed by atoms with van der Waals surface area (Å²) in [5, 5.41) is 9.64. The van der Waals surface area contributed by atoms with E-state index in [1.165, 1.54) is 11.8 Å². The first-order chi connectivity index (χ1) is 12.1. The molecule has 0 atom stereocenters. The van der Waals surface area contributed by atoms with Gasteiger partial charge in [0.15, 0.2) is 5.16 Å². The lowest BCUT2D eigenvalue weighted by Gasteiger charge is -2.08. The molecule has 2 aromatic rings. The molecule has 0 unspecified atom stereocenters. The van der Waals surface area contributed by atoms with Gasteiger partial charge in [0.05, 0.1) is 25.3 Å². The van der Waals surface area contributed by atoms with Crippen molar-refractivity contribution >= 4 is 17.7 Å². The number of aromatic nitrogens is 2. The number of aromatic amines is 1. The van der Waals surface area contributed by atoms with Gasteiger partial charge in [0.2, 0.25) is 0 Å². The second-order valence-corrected chi connectivity index (χ2v) is 5.63. The lowest BCUT2D eigenvalue weighted by Crippen LogP contribution is -2.14. The number of rotatable bonds is 7. The fraction of sp³-hybridized carbons (Fsp3) is 0.294. The van der Waals surface area contributed by atoms with Crippen molar-refractivity contribution in [3.8, 4) is 23.1 Å². The van der Waals surface area contributed by atoms with E-state index in [-0.39, 0.29) is 24.6 Å². The van der Waals surface area contributed by atoms with Gasteiger partial charge in [-0.25, -0.2) is 4.98 Å². The molecular formula is C17H17N3O4S. The average molecular weight is 359 g/mol. The Kier molecular flexibility index (Phi) is 6.60. The third-order valence-corrected chi connectivity index (χ3v) is 3.79. The van der Waals surface area contributed by atoms with Crippen molar-refractivity contribution in [2.45, 2.75) is 18.5 Å². The first kappa shape index (κ1) is 18.5. The lowest BCUT2D eigenvalue weighted by atomic mass is 10.1. The molecule has 1 aromatic carbocycles. The number of thioether (sulfide) groups is 1. The zero-order chi connectivity index (χ0) is 18.2. The van der Waals surface area contributed by atoms with Gasteiger partial charge in [-0.2, -0.15) is 5.26 Å². The molecule has 0 radical (unpaired) electrons. The molecule has 0 aliphatic heterocycles. The van der Waals surface area contributed by atoms with Gasteiger partial charge in [-0.3, -0.25) is 9.59 Å². The van der Waals surface area contributed by atoms with E-state index in [0.717, 1.165) is 0 Å². The summed E-state index contributed by atoms with van der Waals surface area (Å²) in [4.78, 5) is 30.1. The van der Waals surface area contributed by atoms with Crippen LogP contribution in [0.4, 0.5) is 0 Å². The summed E-state index contributed by atoms with van der Waals surface area (Å²) in [6, 6.07) is 8.71. The second kappa shape index (κ2) is 8.89. The standard InChI is InChI=1S/C17H17N3O4S/c1-3-23-14(21)8-9-24-12-6-4-11(5-7-12)15-13(10-18)16(22)20-17(19-15)25-2/h4-7H,3,8-9H2,1-2H3,(H,19,20,22). The van der Waals surface area contributed by atoms with Crippen LogP contribution in [0.25, 0.3) is 11.3 Å². The minimum Gasteiger partial charge on any atom is -0.493 e. The Hall–Kier alpha value is -2.79. The topological polar surface area (TPSA) is 105 Å². The molecule has 130 valence electrons. The fourth-order valence-electron chi connectivity index (χ4n) is 2.06. The maximum Gasteiger partial charge on any atom is 0.309 e. The van der Waals surface area contributed by atoms with E-state index in [4.69, 9.17) is 9.47 Å². The minimum absolute atomic E-state index is 0.0335. The average Bonchev–Trinajstić information content (AvgIpc) is 2.62. The van der Waals surface area contributed by atoms with Gasteiger partial charge in [0, 0.05) is 5.56 Å². The molecule has 0 amide bonds. The van der Waals surface area contributed by atoms with Crippen LogP contribution in [0.3, 0.4) is 0 Å². The second-order valence-electron chi connectivity index (χ2n) is 4.84. The van der Waals surface area contributed by atoms with Crippen LogP contribution in [-0.2, 0) is 9.53 Å². The van der Waals surface area contributed by atoms with E-state index in [0.29, 0.717) is 28.8 Å². The summed E-state index contributed by atoms with van der Waals surface area (Å²) in [6.07, 6.45) is 1.95. The number of ether oxygens (including phenoxy) is 2. The number of nitrogens with one attached hydrogen (secondary N) is 1. The van der Waals surface area contributed by atoms with E-state index in [9.17, 15) is 14.9 Å². The van der Waals surface area contributed by atoms with Crippen LogP contribution in [-0.4, -0.2) is 35.4 Å². The number of nitrogens with zero attached hydrogens (tertiary/aromatic N) is 2. The van der Waals surface area contributed by atoms with Gasteiger partial charge in [-0.05, 0) is 37.4 Å². The Balaban J connectivity index is 2.15. The molecule has 0 aliphatic carbocycles. The quantitative estimate of drug-likeness (QED) is 0.459. The fourth-order valence-corrected chi connectivity index (χ4v) is 2.43. The molecule has 1 N–H and O–H groups in total. The van der Waals surface area contributed by atoms with Crippen LogP contribution in [0.5, 0.6) is 5.75 Å². The van der Waals surface area contributed by atoms with Crippen molar-refractivity contribution < 1.29 is 14.3 Å². The van der Waals surface area contributed by atoms with Gasteiger partial charge in [-0.1, -0.05) is 11.8 Å². The van der Waals surface area contributed by atoms with Crippen LogP contribution >= 0.6 is 11.8 Å². The highest BCUT2D eigenvalue weighted by atomic mass is 32.2. The molecule has 25 heavy (non-hydrogen) atoms. The molecule has 1 aromatic heterocycles. The Bertz CT molecular complexity index is 840. The van der Waals surface area contributed by atoms with Crippen LogP contribution in [0.2, 0.25) is 0 Å². The van der Waals surface area contributed by atoms with Gasteiger partial charge < -0.3 is 14.5 Å². The molecule has 0 bridgehead atoms. The van der Waals surface area contributed by atoms with Crippen molar-refractivity contribution in [3.05, 3.63) is 40.2 Å². The number of esters is 1. The van der Waals surface area contributed by atoms with Gasteiger partial charge in [0.1, 0.15) is 17.4 Å². The summed E-state index contributed by atoms with van der Waals surface area (Å²) in [7, 11) is 0. The largest absolute Gasteiger partial charge is 0.493 e. The highest BCUT2D eigenvalue weighted by molar-refractivity contribution is 7.98. The monoisotopic (exact) mass is 359 g/mol. The molecule has 0 saturated carbocycles. The molecule has 0 aliphatic rings. The molecule has 0 saturated heterocycles. The number of nitriles is 1. The Morgan fingerprint density at radius 1 is 1.36 bits per heavy atom. The third kappa shape index (κ3) is 4.84. The lowest BCUT2D eigenvalue weighted by molar-refractivity contribution is -0.143. The van der Waals surface area contributed by atoms with Crippen molar-refractivity contribution in [2.24, 2.45) is 0 Å². The van der Waals surface area contributed by atoms with Crippen molar-refractivity contribution in [1.82, 2.24) is 9.97 Å². The predicted molar refractivity (Wildman–Crippen MR) is 93.5 cm³/mol. The Labute approximate surface area is 149 Å². The maximum absolute atomic E-state index is 11.9. The van der Waals surface area contributed by atoms with E-state index in [2.05, 4.69) is 9.97 Å². The first-order valence-electron chi connectivity index (χ1n) is 7.56. The smallest absolute Gasteiger partial charge is 0.309 e. The van der Waals surface area contributed by atoms with Crippen LogP contribution in [0.15, 0.2) is 34.2 Å². The zero-order valence-electron chi connectivity index (χ0n) is 13.9. The van der Waals surface area contributed by atoms with E-state index >= 15 is 0 Å². The zero-order valence-corrected chi connectivity index (χ0v) is 14.7. The summed E-state index contributed by atoms with van der Waals surface area (Å²) < 4.78 is 10.3. The summed E-state index contributed by atoms with van der Waals surface area (Å²) in [6.45, 7) is 2.30. The van der Waals surface area contributed by atoms with Crippen molar-refractivity contribution in [1.29, 1.82) is 5.26 Å². The number of hydrogen-bond acceptors (Lipinski definition) is 7. The molecule has 0 fully saturated rings. The Morgan fingerprint density at radius 2 is 2.08 bits per heavy atom. The van der Waals surface area contributed by atoms with E-state index in [1.807, 2.05) is 6.07 Å². The van der Waals surface area contributed by atoms with Gasteiger partial charge in [0.25, 0.3) is 5.56 Å². The molecule has 8 heteroatoms. The number of hydrogen-bond donors (Lipinski definition) is 1. The molecule has 2 rings (SSSR count). The van der Waals surface area contributed by atoms with E-state index < -0.39 is 5.56 Å². The summed E-state index contributed by atoms with van der Waals surface area (Å²) >= 11 is 1.29. The van der Waals surface area contributed by atoms with Gasteiger partial charge in [-0.15, -0.1) is 0 Å². The highest BCUT2D eigenvalue weighted by Crippen LogP contribution is 2.23. The number of carbonyl (C=O) groups is 1. The molecule has 1 heterocycles. The first-order valence-corrected chi connectivity index (χ1v) is 8.78. The van der Waals surface area contributed by atoms with Crippen LogP contribution in [0, 0.1) is 11.3 Å². The third-order valence-electron chi connectivity index (χ3n) is 3.21. The summed E-state index contributed by atoms with van der Waals surface area (Å²) in [5.74, 6) is 0.261. The number of H-pyrrole nitrogens is 1. The maximum atomic E-state index is 11.9.